The number of rotatable bonds is 7. The third-order valence-electron chi connectivity index (χ3n) is 2.91. The van der Waals surface area contributed by atoms with E-state index in [2.05, 4.69) is 0 Å². The van der Waals surface area contributed by atoms with Gasteiger partial charge in [-0.05, 0) is 17.2 Å². The van der Waals surface area contributed by atoms with E-state index in [4.69, 9.17) is 14.6 Å². The van der Waals surface area contributed by atoms with E-state index in [1.165, 1.54) is 5.56 Å². The lowest BCUT2D eigenvalue weighted by Gasteiger charge is -2.11. The van der Waals surface area contributed by atoms with Crippen LogP contribution in [0.5, 0.6) is 5.75 Å². The highest BCUT2D eigenvalue weighted by Crippen LogP contribution is 2.21. The molecule has 110 valence electrons. The van der Waals surface area contributed by atoms with E-state index in [-0.39, 0.29) is 19.8 Å². The Kier molecular flexibility index (Phi) is 5.79. The molecule has 0 saturated heterocycles. The van der Waals surface area contributed by atoms with Crippen LogP contribution in [0.1, 0.15) is 11.1 Å². The molecule has 0 aliphatic carbocycles. The van der Waals surface area contributed by atoms with Gasteiger partial charge in [0.05, 0.1) is 6.61 Å². The van der Waals surface area contributed by atoms with Crippen molar-refractivity contribution in [1.29, 1.82) is 0 Å². The molecule has 2 rings (SSSR count). The summed E-state index contributed by atoms with van der Waals surface area (Å²) < 4.78 is 10.3. The van der Waals surface area contributed by atoms with Crippen LogP contribution in [-0.2, 0) is 16.0 Å². The molecule has 2 aromatic rings. The van der Waals surface area contributed by atoms with Gasteiger partial charge in [-0.25, -0.2) is 4.79 Å². The number of para-hydroxylation sites is 1. The summed E-state index contributed by atoms with van der Waals surface area (Å²) in [7, 11) is 0. The summed E-state index contributed by atoms with van der Waals surface area (Å²) in [4.78, 5) is 11.4. The van der Waals surface area contributed by atoms with Crippen molar-refractivity contribution < 1.29 is 19.4 Å². The maximum absolute atomic E-state index is 11.4. The summed E-state index contributed by atoms with van der Waals surface area (Å²) in [5.41, 5.74) is 2.19. The number of carbonyl (C=O) groups is 1. The average molecular weight is 286 g/mol. The number of hydrogen-bond acceptors (Lipinski definition) is 4. The number of ether oxygens (including phenoxy) is 2. The molecule has 0 aliphatic rings. The molecule has 0 fully saturated rings. The first-order valence-corrected chi connectivity index (χ1v) is 6.80. The third kappa shape index (κ3) is 4.93. The summed E-state index contributed by atoms with van der Waals surface area (Å²) in [6.45, 7) is -0.351. The second-order valence-corrected chi connectivity index (χ2v) is 4.50. The Morgan fingerprint density at radius 3 is 2.48 bits per heavy atom. The fourth-order valence-electron chi connectivity index (χ4n) is 1.94. The number of hydrogen-bond donors (Lipinski definition) is 1. The normalized spacial score (nSPS) is 10.1. The highest BCUT2D eigenvalue weighted by Gasteiger charge is 2.08. The molecule has 0 heterocycles. The van der Waals surface area contributed by atoms with Crippen LogP contribution in [0.15, 0.2) is 54.6 Å². The molecule has 0 spiro atoms. The standard InChI is InChI=1S/C17H18O4/c18-10-11-20-17(19)13-21-16-9-5-4-8-15(16)12-14-6-2-1-3-7-14/h1-9,18H,10-13H2. The van der Waals surface area contributed by atoms with Crippen LogP contribution in [0.2, 0.25) is 0 Å². The minimum Gasteiger partial charge on any atom is -0.482 e. The fraction of sp³-hybridized carbons (Fsp3) is 0.235. The van der Waals surface area contributed by atoms with Gasteiger partial charge in [-0.15, -0.1) is 0 Å². The quantitative estimate of drug-likeness (QED) is 0.793. The molecule has 0 atom stereocenters. The molecule has 2 aromatic carbocycles. The lowest BCUT2D eigenvalue weighted by atomic mass is 10.0. The molecule has 0 saturated carbocycles. The van der Waals surface area contributed by atoms with Crippen LogP contribution in [0.4, 0.5) is 0 Å². The molecule has 0 unspecified atom stereocenters. The van der Waals surface area contributed by atoms with Crippen molar-refractivity contribution in [2.75, 3.05) is 19.8 Å². The van der Waals surface area contributed by atoms with Crippen molar-refractivity contribution in [3.05, 3.63) is 65.7 Å². The van der Waals surface area contributed by atoms with Gasteiger partial charge >= 0.3 is 5.97 Å². The van der Waals surface area contributed by atoms with E-state index in [0.29, 0.717) is 5.75 Å². The molecular formula is C17H18O4. The summed E-state index contributed by atoms with van der Waals surface area (Å²) in [6.07, 6.45) is 0.739. The van der Waals surface area contributed by atoms with Crippen LogP contribution in [0.25, 0.3) is 0 Å². The van der Waals surface area contributed by atoms with E-state index in [1.54, 1.807) is 0 Å². The first kappa shape index (κ1) is 15.1. The smallest absolute Gasteiger partial charge is 0.344 e. The summed E-state index contributed by atoms with van der Waals surface area (Å²) in [5, 5.41) is 8.59. The van der Waals surface area contributed by atoms with Gasteiger partial charge in [0, 0.05) is 6.42 Å². The fourth-order valence-corrected chi connectivity index (χ4v) is 1.94. The number of aliphatic hydroxyl groups is 1. The van der Waals surface area contributed by atoms with Gasteiger partial charge in [0.1, 0.15) is 12.4 Å². The zero-order valence-corrected chi connectivity index (χ0v) is 11.7. The first-order valence-electron chi connectivity index (χ1n) is 6.80. The van der Waals surface area contributed by atoms with Crippen molar-refractivity contribution >= 4 is 5.97 Å². The minimum atomic E-state index is -0.487. The maximum Gasteiger partial charge on any atom is 0.344 e. The minimum absolute atomic E-state index is 0.00610. The Bertz CT molecular complexity index is 566. The monoisotopic (exact) mass is 286 g/mol. The highest BCUT2D eigenvalue weighted by atomic mass is 16.6. The van der Waals surface area contributed by atoms with Crippen LogP contribution in [0.3, 0.4) is 0 Å². The number of benzene rings is 2. The summed E-state index contributed by atoms with van der Waals surface area (Å²) in [6, 6.07) is 17.7. The lowest BCUT2D eigenvalue weighted by Crippen LogP contribution is -2.17. The van der Waals surface area contributed by atoms with Crippen molar-refractivity contribution in [1.82, 2.24) is 0 Å². The molecule has 0 bridgehead atoms. The van der Waals surface area contributed by atoms with Gasteiger partial charge in [-0.2, -0.15) is 0 Å². The van der Waals surface area contributed by atoms with Gasteiger partial charge in [-0.1, -0.05) is 48.5 Å². The Hall–Kier alpha value is -2.33. The van der Waals surface area contributed by atoms with Crippen molar-refractivity contribution in [3.63, 3.8) is 0 Å². The van der Waals surface area contributed by atoms with E-state index >= 15 is 0 Å². The first-order chi connectivity index (χ1) is 10.3. The van der Waals surface area contributed by atoms with E-state index in [1.807, 2.05) is 54.6 Å². The molecule has 21 heavy (non-hydrogen) atoms. The van der Waals surface area contributed by atoms with E-state index in [9.17, 15) is 4.79 Å². The van der Waals surface area contributed by atoms with Crippen LogP contribution in [0, 0.1) is 0 Å². The predicted octanol–water partition coefficient (Wildman–Crippen LogP) is 2.19. The maximum atomic E-state index is 11.4. The second-order valence-electron chi connectivity index (χ2n) is 4.50. The van der Waals surface area contributed by atoms with Crippen LogP contribution in [-0.4, -0.2) is 30.9 Å². The SMILES string of the molecule is O=C(COc1ccccc1Cc1ccccc1)OCCO. The molecule has 0 aromatic heterocycles. The molecular weight excluding hydrogens is 268 g/mol. The van der Waals surface area contributed by atoms with Gasteiger partial charge < -0.3 is 14.6 Å². The van der Waals surface area contributed by atoms with Gasteiger partial charge in [0.25, 0.3) is 0 Å². The Morgan fingerprint density at radius 1 is 1.00 bits per heavy atom. The van der Waals surface area contributed by atoms with Gasteiger partial charge in [-0.3, -0.25) is 0 Å². The molecule has 1 N–H and O–H groups in total. The molecule has 0 aliphatic heterocycles. The van der Waals surface area contributed by atoms with Crippen molar-refractivity contribution in [3.8, 4) is 5.75 Å². The van der Waals surface area contributed by atoms with Crippen molar-refractivity contribution in [2.24, 2.45) is 0 Å². The van der Waals surface area contributed by atoms with E-state index in [0.717, 1.165) is 12.0 Å². The molecule has 0 amide bonds. The van der Waals surface area contributed by atoms with Gasteiger partial charge in [0.2, 0.25) is 0 Å². The summed E-state index contributed by atoms with van der Waals surface area (Å²) >= 11 is 0. The zero-order chi connectivity index (χ0) is 14.9. The lowest BCUT2D eigenvalue weighted by molar-refractivity contribution is -0.146. The molecule has 4 nitrogen and oxygen atoms in total. The topological polar surface area (TPSA) is 55.8 Å². The van der Waals surface area contributed by atoms with E-state index < -0.39 is 5.97 Å². The third-order valence-corrected chi connectivity index (χ3v) is 2.91. The Balaban J connectivity index is 1.98. The Morgan fingerprint density at radius 2 is 1.71 bits per heavy atom. The Labute approximate surface area is 123 Å². The highest BCUT2D eigenvalue weighted by molar-refractivity contribution is 5.71. The van der Waals surface area contributed by atoms with Crippen LogP contribution >= 0.6 is 0 Å². The number of esters is 1. The number of carbonyl (C=O) groups excluding carboxylic acids is 1. The molecule has 4 heteroatoms. The average Bonchev–Trinajstić information content (AvgIpc) is 2.53. The van der Waals surface area contributed by atoms with Crippen LogP contribution < -0.4 is 4.74 Å². The second kappa shape index (κ2) is 8.07. The largest absolute Gasteiger partial charge is 0.482 e. The molecule has 0 radical (unpaired) electrons. The van der Waals surface area contributed by atoms with Gasteiger partial charge in [0.15, 0.2) is 6.61 Å². The summed E-state index contributed by atoms with van der Waals surface area (Å²) in [5.74, 6) is 0.181. The zero-order valence-electron chi connectivity index (χ0n) is 11.7. The predicted molar refractivity (Wildman–Crippen MR) is 79.2 cm³/mol. The van der Waals surface area contributed by atoms with Crippen molar-refractivity contribution in [2.45, 2.75) is 6.42 Å². The number of aliphatic hydroxyl groups excluding tert-OH is 1.